The molecule has 5 heterocycles. The normalized spacial score (nSPS) is 13.6. The number of hydrogen-bond donors (Lipinski definition) is 1. The first-order chi connectivity index (χ1) is 16.2. The summed E-state index contributed by atoms with van der Waals surface area (Å²) >= 11 is 0. The minimum absolute atomic E-state index is 0.189. The van der Waals surface area contributed by atoms with Gasteiger partial charge in [0.2, 0.25) is 0 Å². The van der Waals surface area contributed by atoms with Gasteiger partial charge in [-0.1, -0.05) is 18.7 Å². The highest BCUT2D eigenvalue weighted by atomic mass is 16.1. The zero-order chi connectivity index (χ0) is 22.4. The van der Waals surface area contributed by atoms with Crippen LogP contribution >= 0.6 is 0 Å². The molecule has 1 amide bonds. The van der Waals surface area contributed by atoms with E-state index >= 15 is 0 Å². The van der Waals surface area contributed by atoms with Crippen molar-refractivity contribution in [2.75, 3.05) is 0 Å². The predicted molar refractivity (Wildman–Crippen MR) is 125 cm³/mol. The number of nitrogens with one attached hydrogen (secondary N) is 1. The highest BCUT2D eigenvalue weighted by Gasteiger charge is 2.23. The van der Waals surface area contributed by atoms with Gasteiger partial charge in [0.05, 0.1) is 48.1 Å². The summed E-state index contributed by atoms with van der Waals surface area (Å²) in [5.74, 6) is 0.517. The van der Waals surface area contributed by atoms with Crippen molar-refractivity contribution >= 4 is 23.1 Å². The van der Waals surface area contributed by atoms with E-state index in [0.29, 0.717) is 24.6 Å². The van der Waals surface area contributed by atoms with E-state index in [0.717, 1.165) is 28.1 Å². The number of fused-ring (bicyclic) bond motifs is 2. The van der Waals surface area contributed by atoms with Gasteiger partial charge >= 0.3 is 0 Å². The van der Waals surface area contributed by atoms with Gasteiger partial charge in [0, 0.05) is 24.8 Å². The van der Waals surface area contributed by atoms with Crippen LogP contribution in [0.15, 0.2) is 68.2 Å². The average molecular weight is 438 g/mol. The first-order valence-corrected chi connectivity index (χ1v) is 11.0. The zero-order valence-corrected chi connectivity index (χ0v) is 18.1. The van der Waals surface area contributed by atoms with E-state index in [1.54, 1.807) is 29.5 Å². The molecular weight excluding hydrogens is 414 g/mol. The Morgan fingerprint density at radius 2 is 2.09 bits per heavy atom. The first kappa shape index (κ1) is 19.5. The van der Waals surface area contributed by atoms with E-state index in [1.807, 2.05) is 28.9 Å². The highest BCUT2D eigenvalue weighted by molar-refractivity contribution is 5.93. The van der Waals surface area contributed by atoms with E-state index in [9.17, 15) is 4.79 Å². The minimum Gasteiger partial charge on any atom is -0.346 e. The number of amides is 1. The van der Waals surface area contributed by atoms with Crippen LogP contribution in [0.1, 0.15) is 51.6 Å². The van der Waals surface area contributed by atoms with Gasteiger partial charge in [-0.15, -0.1) is 0 Å². The number of aromatic nitrogens is 6. The van der Waals surface area contributed by atoms with Gasteiger partial charge in [-0.25, -0.2) is 9.97 Å². The molecule has 1 fully saturated rings. The molecule has 1 saturated carbocycles. The number of carbonyl (C=O) groups excluding carboxylic acids is 1. The topological polar surface area (TPSA) is 81.5 Å². The maximum atomic E-state index is 12.7. The third kappa shape index (κ3) is 3.80. The minimum atomic E-state index is -0.189. The van der Waals surface area contributed by atoms with Crippen LogP contribution in [0.5, 0.6) is 0 Å². The maximum Gasteiger partial charge on any atom is 0.254 e. The maximum absolute atomic E-state index is 12.7. The van der Waals surface area contributed by atoms with E-state index in [2.05, 4.69) is 49.7 Å². The summed E-state index contributed by atoms with van der Waals surface area (Å²) in [5, 5.41) is 7.29. The van der Waals surface area contributed by atoms with Gasteiger partial charge in [-0.3, -0.25) is 9.48 Å². The quantitative estimate of drug-likeness (QED) is 0.421. The molecule has 0 aliphatic heterocycles. The molecule has 0 aromatic carbocycles. The lowest BCUT2D eigenvalue weighted by atomic mass is 10.2. The summed E-state index contributed by atoms with van der Waals surface area (Å²) in [6.45, 7) is 4.64. The van der Waals surface area contributed by atoms with Gasteiger partial charge in [0.1, 0.15) is 5.65 Å². The van der Waals surface area contributed by atoms with Gasteiger partial charge in [-0.2, -0.15) is 5.10 Å². The van der Waals surface area contributed by atoms with Crippen LogP contribution in [0.2, 0.25) is 0 Å². The fraction of sp³-hybridized carbons (Fsp3) is 0.200. The number of rotatable bonds is 7. The fourth-order valence-electron chi connectivity index (χ4n) is 4.12. The van der Waals surface area contributed by atoms with Crippen molar-refractivity contribution in [3.05, 3.63) is 96.2 Å². The third-order valence-electron chi connectivity index (χ3n) is 6.09. The Labute approximate surface area is 190 Å². The Hall–Kier alpha value is -4.20. The summed E-state index contributed by atoms with van der Waals surface area (Å²) < 4.78 is 5.74. The van der Waals surface area contributed by atoms with Crippen molar-refractivity contribution in [2.24, 2.45) is 0 Å². The smallest absolute Gasteiger partial charge is 0.254 e. The molecule has 5 aromatic heterocycles. The first-order valence-electron chi connectivity index (χ1n) is 11.0. The molecule has 33 heavy (non-hydrogen) atoms. The van der Waals surface area contributed by atoms with Crippen LogP contribution in [0.4, 0.5) is 0 Å². The van der Waals surface area contributed by atoms with Crippen LogP contribution in [0, 0.1) is 0 Å². The zero-order valence-electron chi connectivity index (χ0n) is 18.1. The molecule has 8 nitrogen and oxygen atoms in total. The van der Waals surface area contributed by atoms with Crippen LogP contribution < -0.4 is 5.32 Å². The molecule has 1 aliphatic rings. The average Bonchev–Trinajstić information content (AvgIpc) is 3.25. The predicted octanol–water partition coefficient (Wildman–Crippen LogP) is 3.68. The Morgan fingerprint density at radius 3 is 2.94 bits per heavy atom. The molecule has 0 radical (unpaired) electrons. The van der Waals surface area contributed by atoms with Crippen molar-refractivity contribution in [3.63, 3.8) is 0 Å². The summed E-state index contributed by atoms with van der Waals surface area (Å²) in [5.41, 5.74) is 6.45. The van der Waals surface area contributed by atoms with E-state index < -0.39 is 0 Å². The number of pyridine rings is 2. The Morgan fingerprint density at radius 1 is 1.18 bits per heavy atom. The van der Waals surface area contributed by atoms with Crippen molar-refractivity contribution in [2.45, 2.75) is 31.8 Å². The number of nitrogens with zero attached hydrogens (tertiary/aromatic N) is 6. The van der Waals surface area contributed by atoms with Crippen LogP contribution in [0.3, 0.4) is 0 Å². The molecule has 5 aromatic rings. The van der Waals surface area contributed by atoms with Crippen molar-refractivity contribution in [1.29, 1.82) is 0 Å². The molecule has 0 atom stereocenters. The second kappa shape index (κ2) is 7.74. The molecule has 164 valence electrons. The number of hydrogen-bond acceptors (Lipinski definition) is 4. The van der Waals surface area contributed by atoms with Crippen molar-refractivity contribution < 1.29 is 4.79 Å². The summed E-state index contributed by atoms with van der Waals surface area (Å²) in [7, 11) is 0. The molecule has 0 saturated heterocycles. The van der Waals surface area contributed by atoms with E-state index in [-0.39, 0.29) is 5.91 Å². The second-order valence-corrected chi connectivity index (χ2v) is 8.49. The van der Waals surface area contributed by atoms with Gasteiger partial charge in [0.25, 0.3) is 5.91 Å². The molecule has 6 rings (SSSR count). The van der Waals surface area contributed by atoms with Crippen LogP contribution in [0.25, 0.3) is 17.2 Å². The lowest BCUT2D eigenvalue weighted by Crippen LogP contribution is -2.22. The SMILES string of the molecule is C=Cc1ccn2cnc(CNC(=O)c3cnn(Cc4cn5cc(C6CC6)ccc5n4)c3)c2c1. The van der Waals surface area contributed by atoms with Gasteiger partial charge in [-0.05, 0) is 48.1 Å². The van der Waals surface area contributed by atoms with E-state index in [1.165, 1.54) is 18.4 Å². The molecule has 0 unspecified atom stereocenters. The fourth-order valence-corrected chi connectivity index (χ4v) is 4.12. The lowest BCUT2D eigenvalue weighted by molar-refractivity contribution is 0.0950. The highest BCUT2D eigenvalue weighted by Crippen LogP contribution is 2.39. The molecule has 1 N–H and O–H groups in total. The van der Waals surface area contributed by atoms with Crippen LogP contribution in [-0.2, 0) is 13.1 Å². The van der Waals surface area contributed by atoms with Crippen molar-refractivity contribution in [1.82, 2.24) is 33.9 Å². The van der Waals surface area contributed by atoms with Gasteiger partial charge < -0.3 is 14.1 Å². The summed E-state index contributed by atoms with van der Waals surface area (Å²) in [6.07, 6.45) is 15.5. The number of carbonyl (C=O) groups is 1. The molecule has 8 heteroatoms. The van der Waals surface area contributed by atoms with Crippen LogP contribution in [-0.4, -0.2) is 34.5 Å². The number of imidazole rings is 2. The standard InChI is InChI=1S/C25H23N7O/c1-2-17-7-8-30-16-27-22(23(30)9-17)11-26-25(33)20-10-28-32(13-20)15-21-14-31-12-19(18-3-4-18)5-6-24(31)29-21/h2,5-10,12-14,16,18H,1,3-4,11,15H2,(H,26,33). The summed E-state index contributed by atoms with van der Waals surface area (Å²) in [4.78, 5) is 21.8. The molecule has 0 bridgehead atoms. The molecule has 1 aliphatic carbocycles. The summed E-state index contributed by atoms with van der Waals surface area (Å²) in [6, 6.07) is 8.20. The Bertz CT molecular complexity index is 1500. The van der Waals surface area contributed by atoms with Gasteiger partial charge in [0.15, 0.2) is 0 Å². The molecule has 0 spiro atoms. The lowest BCUT2D eigenvalue weighted by Gasteiger charge is -2.03. The van der Waals surface area contributed by atoms with E-state index in [4.69, 9.17) is 0 Å². The monoisotopic (exact) mass is 437 g/mol. The Kier molecular flexibility index (Phi) is 4.57. The molecular formula is C25H23N7O. The largest absolute Gasteiger partial charge is 0.346 e. The van der Waals surface area contributed by atoms with Crippen molar-refractivity contribution in [3.8, 4) is 0 Å². The third-order valence-corrected chi connectivity index (χ3v) is 6.09. The Balaban J connectivity index is 1.13. The second-order valence-electron chi connectivity index (χ2n) is 8.49.